The van der Waals surface area contributed by atoms with Gasteiger partial charge in [-0.2, -0.15) is 0 Å². The zero-order chi connectivity index (χ0) is 14.9. The van der Waals surface area contributed by atoms with Crippen LogP contribution in [0.1, 0.15) is 44.1 Å². The van der Waals surface area contributed by atoms with Gasteiger partial charge in [0.25, 0.3) is 0 Å². The first-order chi connectivity index (χ1) is 10.0. The summed E-state index contributed by atoms with van der Waals surface area (Å²) in [7, 11) is 2.21. The van der Waals surface area contributed by atoms with Crippen molar-refractivity contribution in [2.24, 2.45) is 5.41 Å². The molecule has 0 spiro atoms. The molecule has 2 fully saturated rings. The topological polar surface area (TPSA) is 15.3 Å². The normalized spacial score (nSPS) is 29.1. The van der Waals surface area contributed by atoms with Crippen LogP contribution < -0.4 is 5.32 Å². The summed E-state index contributed by atoms with van der Waals surface area (Å²) in [6.45, 7) is 5.97. The molecule has 21 heavy (non-hydrogen) atoms. The smallest absolute Gasteiger partial charge is 0.123 e. The number of hydrogen-bond donors (Lipinski definition) is 1. The second kappa shape index (κ2) is 6.05. The predicted molar refractivity (Wildman–Crippen MR) is 85.0 cm³/mol. The van der Waals surface area contributed by atoms with Crippen molar-refractivity contribution in [1.82, 2.24) is 10.2 Å². The number of nitrogens with zero attached hydrogens (tertiary/aromatic N) is 1. The van der Waals surface area contributed by atoms with E-state index in [0.29, 0.717) is 17.4 Å². The molecule has 1 N–H and O–H groups in total. The molecule has 1 saturated heterocycles. The number of benzene rings is 1. The van der Waals surface area contributed by atoms with Crippen molar-refractivity contribution < 1.29 is 4.39 Å². The lowest BCUT2D eigenvalue weighted by molar-refractivity contribution is 0.125. The number of hydrogen-bond acceptors (Lipinski definition) is 2. The monoisotopic (exact) mass is 290 g/mol. The van der Waals surface area contributed by atoms with Crippen LogP contribution in [0.5, 0.6) is 0 Å². The van der Waals surface area contributed by atoms with Gasteiger partial charge in [-0.05, 0) is 74.8 Å². The van der Waals surface area contributed by atoms with Crippen LogP contribution in [-0.2, 0) is 0 Å². The second-order valence-corrected chi connectivity index (χ2v) is 7.42. The van der Waals surface area contributed by atoms with Crippen molar-refractivity contribution in [2.75, 3.05) is 26.7 Å². The Labute approximate surface area is 127 Å². The van der Waals surface area contributed by atoms with Gasteiger partial charge in [-0.1, -0.05) is 19.1 Å². The average Bonchev–Trinajstić information content (AvgIpc) is 2.41. The predicted octanol–water partition coefficient (Wildman–Crippen LogP) is 3.39. The van der Waals surface area contributed by atoms with E-state index in [-0.39, 0.29) is 5.82 Å². The number of piperidine rings is 1. The molecule has 2 nitrogen and oxygen atoms in total. The van der Waals surface area contributed by atoms with Gasteiger partial charge in [-0.25, -0.2) is 4.39 Å². The van der Waals surface area contributed by atoms with Crippen molar-refractivity contribution in [3.05, 3.63) is 35.6 Å². The Bertz CT molecular complexity index is 474. The van der Waals surface area contributed by atoms with Crippen LogP contribution in [0, 0.1) is 11.2 Å². The third-order valence-electron chi connectivity index (χ3n) is 5.47. The van der Waals surface area contributed by atoms with Gasteiger partial charge < -0.3 is 10.2 Å². The molecule has 1 heterocycles. The molecule has 2 aliphatic rings. The van der Waals surface area contributed by atoms with Crippen molar-refractivity contribution in [3.8, 4) is 0 Å². The Balaban J connectivity index is 1.43. The highest BCUT2D eigenvalue weighted by atomic mass is 19.1. The fraction of sp³-hybridized carbons (Fsp3) is 0.667. The van der Waals surface area contributed by atoms with Gasteiger partial charge in [-0.3, -0.25) is 0 Å². The molecule has 3 heteroatoms. The molecule has 1 aromatic carbocycles. The van der Waals surface area contributed by atoms with Gasteiger partial charge in [0, 0.05) is 12.6 Å². The fourth-order valence-electron chi connectivity index (χ4n) is 3.54. The van der Waals surface area contributed by atoms with E-state index in [1.54, 1.807) is 6.07 Å². The molecule has 0 atom stereocenters. The van der Waals surface area contributed by atoms with Crippen molar-refractivity contribution in [3.63, 3.8) is 0 Å². The van der Waals surface area contributed by atoms with Crippen LogP contribution in [0.4, 0.5) is 4.39 Å². The van der Waals surface area contributed by atoms with Crippen LogP contribution in [0.15, 0.2) is 24.3 Å². The summed E-state index contributed by atoms with van der Waals surface area (Å²) >= 11 is 0. The maximum absolute atomic E-state index is 13.2. The molecule has 0 amide bonds. The van der Waals surface area contributed by atoms with Crippen molar-refractivity contribution in [2.45, 2.75) is 44.6 Å². The van der Waals surface area contributed by atoms with Crippen LogP contribution in [0.25, 0.3) is 0 Å². The lowest BCUT2D eigenvalue weighted by Gasteiger charge is -2.42. The fourth-order valence-corrected chi connectivity index (χ4v) is 3.54. The first-order valence-electron chi connectivity index (χ1n) is 8.21. The molecule has 0 unspecified atom stereocenters. The number of halogens is 1. The summed E-state index contributed by atoms with van der Waals surface area (Å²) in [5.41, 5.74) is 1.62. The molecule has 1 aliphatic carbocycles. The van der Waals surface area contributed by atoms with Crippen molar-refractivity contribution in [1.29, 1.82) is 0 Å². The molecule has 3 rings (SSSR count). The molecule has 1 saturated carbocycles. The summed E-state index contributed by atoms with van der Waals surface area (Å²) < 4.78 is 13.2. The zero-order valence-electron chi connectivity index (χ0n) is 13.2. The van der Waals surface area contributed by atoms with Gasteiger partial charge in [0.2, 0.25) is 0 Å². The van der Waals surface area contributed by atoms with Crippen molar-refractivity contribution >= 4 is 0 Å². The quantitative estimate of drug-likeness (QED) is 0.914. The Morgan fingerprint density at radius 1 is 1.29 bits per heavy atom. The molecule has 0 radical (unpaired) electrons. The molecule has 1 aliphatic heterocycles. The van der Waals surface area contributed by atoms with Crippen LogP contribution >= 0.6 is 0 Å². The SMILES string of the molecule is CN1CCC(C)(CNC2CC(c3cccc(F)c3)C2)CC1. The first kappa shape index (κ1) is 15.0. The van der Waals surface area contributed by atoms with E-state index in [9.17, 15) is 4.39 Å². The Morgan fingerprint density at radius 2 is 2.00 bits per heavy atom. The maximum Gasteiger partial charge on any atom is 0.123 e. The molecule has 0 bridgehead atoms. The van der Waals surface area contributed by atoms with Gasteiger partial charge in [0.05, 0.1) is 0 Å². The lowest BCUT2D eigenvalue weighted by atomic mass is 9.74. The molecule has 116 valence electrons. The second-order valence-electron chi connectivity index (χ2n) is 7.42. The molecule has 0 aromatic heterocycles. The van der Waals surface area contributed by atoms with E-state index in [2.05, 4.69) is 30.3 Å². The maximum atomic E-state index is 13.2. The highest BCUT2D eigenvalue weighted by molar-refractivity contribution is 5.23. The molecular formula is C18H27FN2. The van der Waals surface area contributed by atoms with Gasteiger partial charge in [0.1, 0.15) is 5.82 Å². The number of rotatable bonds is 4. The Morgan fingerprint density at radius 3 is 2.67 bits per heavy atom. The van der Waals surface area contributed by atoms with E-state index in [4.69, 9.17) is 0 Å². The standard InChI is InChI=1S/C18H27FN2/c1-18(6-8-21(2)9-7-18)13-20-17-11-15(12-17)14-4-3-5-16(19)10-14/h3-5,10,15,17,20H,6-9,11-13H2,1-2H3. The van der Waals surface area contributed by atoms with Crippen LogP contribution in [-0.4, -0.2) is 37.6 Å². The van der Waals surface area contributed by atoms with E-state index in [0.717, 1.165) is 19.4 Å². The average molecular weight is 290 g/mol. The summed E-state index contributed by atoms with van der Waals surface area (Å²) in [5.74, 6) is 0.436. The minimum atomic E-state index is -0.109. The van der Waals surface area contributed by atoms with E-state index in [1.807, 2.05) is 6.07 Å². The van der Waals surface area contributed by atoms with E-state index in [1.165, 1.54) is 37.6 Å². The van der Waals surface area contributed by atoms with Crippen LogP contribution in [0.2, 0.25) is 0 Å². The summed E-state index contributed by atoms with van der Waals surface area (Å²) in [6, 6.07) is 7.72. The summed E-state index contributed by atoms with van der Waals surface area (Å²) in [5, 5.41) is 3.75. The number of likely N-dealkylation sites (tertiary alicyclic amines) is 1. The van der Waals surface area contributed by atoms with Gasteiger partial charge in [0.15, 0.2) is 0 Å². The van der Waals surface area contributed by atoms with E-state index < -0.39 is 0 Å². The minimum Gasteiger partial charge on any atom is -0.313 e. The number of nitrogens with one attached hydrogen (secondary N) is 1. The van der Waals surface area contributed by atoms with E-state index >= 15 is 0 Å². The highest BCUT2D eigenvalue weighted by Gasteiger charge is 2.33. The van der Waals surface area contributed by atoms with Gasteiger partial charge >= 0.3 is 0 Å². The summed E-state index contributed by atoms with van der Waals surface area (Å²) in [4.78, 5) is 2.42. The largest absolute Gasteiger partial charge is 0.313 e. The molecule has 1 aromatic rings. The summed E-state index contributed by atoms with van der Waals surface area (Å²) in [6.07, 6.45) is 4.88. The molecular weight excluding hydrogens is 263 g/mol. The third kappa shape index (κ3) is 3.64. The first-order valence-corrected chi connectivity index (χ1v) is 8.21. The Hall–Kier alpha value is -0.930. The highest BCUT2D eigenvalue weighted by Crippen LogP contribution is 2.38. The Kier molecular flexibility index (Phi) is 4.32. The van der Waals surface area contributed by atoms with Crippen LogP contribution in [0.3, 0.4) is 0 Å². The third-order valence-corrected chi connectivity index (χ3v) is 5.47. The van der Waals surface area contributed by atoms with Gasteiger partial charge in [-0.15, -0.1) is 0 Å². The zero-order valence-corrected chi connectivity index (χ0v) is 13.2. The lowest BCUT2D eigenvalue weighted by Crippen LogP contribution is -2.47. The minimum absolute atomic E-state index is 0.109.